The molecule has 0 saturated carbocycles. The molecule has 0 atom stereocenters. The maximum absolute atomic E-state index is 10.3. The summed E-state index contributed by atoms with van der Waals surface area (Å²) < 4.78 is 0. The van der Waals surface area contributed by atoms with E-state index in [1.807, 2.05) is 0 Å². The van der Waals surface area contributed by atoms with Crippen molar-refractivity contribution in [3.05, 3.63) is 0 Å². The third kappa shape index (κ3) is 6.08. The topological polar surface area (TPSA) is 17.1 Å². The molecule has 0 bridgehead atoms. The monoisotopic (exact) mass is 156 g/mol. The van der Waals surface area contributed by atoms with Crippen LogP contribution in [0.2, 0.25) is 0 Å². The number of hydrogen-bond acceptors (Lipinski definition) is 1. The van der Waals surface area contributed by atoms with Crippen molar-refractivity contribution in [3.8, 4) is 0 Å². The van der Waals surface area contributed by atoms with Gasteiger partial charge in [0, 0.05) is 6.42 Å². The Morgan fingerprint density at radius 2 is 1.55 bits per heavy atom. The largest absolute Gasteiger partial charge is 0.303 e. The Balaban J connectivity index is 4.00. The first-order valence-electron chi connectivity index (χ1n) is 4.20. The maximum Gasteiger partial charge on any atom is 0.120 e. The molecule has 0 aliphatic heterocycles. The van der Waals surface area contributed by atoms with Crippen molar-refractivity contribution in [2.45, 2.75) is 47.5 Å². The van der Waals surface area contributed by atoms with E-state index in [1.165, 1.54) is 0 Å². The highest BCUT2D eigenvalue weighted by Gasteiger charge is 2.24. The van der Waals surface area contributed by atoms with E-state index < -0.39 is 0 Å². The van der Waals surface area contributed by atoms with Crippen LogP contribution in [-0.2, 0) is 4.79 Å². The molecule has 0 saturated heterocycles. The number of hydrogen-bond donors (Lipinski definition) is 0. The predicted molar refractivity (Wildman–Crippen MR) is 48.5 cm³/mol. The normalized spacial score (nSPS) is 13.2. The van der Waals surface area contributed by atoms with Crippen LogP contribution in [0.3, 0.4) is 0 Å². The van der Waals surface area contributed by atoms with E-state index in [1.54, 1.807) is 0 Å². The van der Waals surface area contributed by atoms with E-state index in [9.17, 15) is 4.79 Å². The van der Waals surface area contributed by atoms with Gasteiger partial charge >= 0.3 is 0 Å². The zero-order valence-electron chi connectivity index (χ0n) is 8.40. The fraction of sp³-hybridized carbons (Fsp3) is 0.900. The first-order chi connectivity index (χ1) is 4.77. The average Bonchev–Trinajstić information content (AvgIpc) is 1.55. The van der Waals surface area contributed by atoms with Crippen LogP contribution in [0.15, 0.2) is 0 Å². The molecule has 0 rings (SSSR count). The summed E-state index contributed by atoms with van der Waals surface area (Å²) in [5, 5.41) is 0. The summed E-state index contributed by atoms with van der Waals surface area (Å²) in [5.74, 6) is 0. The summed E-state index contributed by atoms with van der Waals surface area (Å²) in [5.41, 5.74) is 0.493. The van der Waals surface area contributed by atoms with Crippen LogP contribution in [0.25, 0.3) is 0 Å². The maximum atomic E-state index is 10.3. The van der Waals surface area contributed by atoms with Crippen LogP contribution >= 0.6 is 0 Å². The summed E-state index contributed by atoms with van der Waals surface area (Å²) >= 11 is 0. The Bertz CT molecular complexity index is 128. The van der Waals surface area contributed by atoms with E-state index >= 15 is 0 Å². The molecular formula is C10H20O. The average molecular weight is 156 g/mol. The molecule has 11 heavy (non-hydrogen) atoms. The first kappa shape index (κ1) is 10.7. The molecule has 0 aliphatic carbocycles. The molecule has 0 aromatic carbocycles. The molecule has 0 unspecified atom stereocenters. The van der Waals surface area contributed by atoms with Gasteiger partial charge in [0.25, 0.3) is 0 Å². The second kappa shape index (κ2) is 3.38. The minimum Gasteiger partial charge on any atom is -0.303 e. The minimum absolute atomic E-state index is 0.167. The van der Waals surface area contributed by atoms with Gasteiger partial charge in [-0.25, -0.2) is 0 Å². The van der Waals surface area contributed by atoms with Gasteiger partial charge in [0.2, 0.25) is 0 Å². The zero-order chi connectivity index (χ0) is 9.12. The van der Waals surface area contributed by atoms with E-state index in [-0.39, 0.29) is 5.41 Å². The lowest BCUT2D eigenvalue weighted by molar-refractivity contribution is -0.109. The second-order valence-electron chi connectivity index (χ2n) is 5.27. The molecule has 0 heterocycles. The van der Waals surface area contributed by atoms with Crippen molar-refractivity contribution >= 4 is 6.29 Å². The fourth-order valence-electron chi connectivity index (χ4n) is 1.73. The van der Waals surface area contributed by atoms with Gasteiger partial charge in [0.15, 0.2) is 0 Å². The van der Waals surface area contributed by atoms with Crippen LogP contribution < -0.4 is 0 Å². The standard InChI is InChI=1S/C10H20O/c1-9(2,3)8-10(4,5)6-7-11/h7H,6,8H2,1-5H3. The van der Waals surface area contributed by atoms with Gasteiger partial charge < -0.3 is 4.79 Å². The molecule has 1 heteroatoms. The van der Waals surface area contributed by atoms with Crippen LogP contribution in [0, 0.1) is 10.8 Å². The van der Waals surface area contributed by atoms with Crippen molar-refractivity contribution in [1.29, 1.82) is 0 Å². The second-order valence-corrected chi connectivity index (χ2v) is 5.27. The molecule has 66 valence electrons. The summed E-state index contributed by atoms with van der Waals surface area (Å²) in [4.78, 5) is 10.3. The van der Waals surface area contributed by atoms with Crippen molar-refractivity contribution in [3.63, 3.8) is 0 Å². The quantitative estimate of drug-likeness (QED) is 0.574. The van der Waals surface area contributed by atoms with Gasteiger partial charge in [-0.1, -0.05) is 34.6 Å². The van der Waals surface area contributed by atoms with Gasteiger partial charge in [-0.15, -0.1) is 0 Å². The first-order valence-corrected chi connectivity index (χ1v) is 4.20. The van der Waals surface area contributed by atoms with Gasteiger partial charge in [0.05, 0.1) is 0 Å². The van der Waals surface area contributed by atoms with Crippen molar-refractivity contribution < 1.29 is 4.79 Å². The van der Waals surface area contributed by atoms with E-state index in [2.05, 4.69) is 34.6 Å². The molecule has 0 aromatic heterocycles. The van der Waals surface area contributed by atoms with E-state index in [0.29, 0.717) is 11.8 Å². The van der Waals surface area contributed by atoms with Crippen LogP contribution in [0.5, 0.6) is 0 Å². The molecule has 0 aromatic rings. The lowest BCUT2D eigenvalue weighted by Crippen LogP contribution is -2.20. The number of rotatable bonds is 3. The van der Waals surface area contributed by atoms with Crippen LogP contribution in [0.1, 0.15) is 47.5 Å². The third-order valence-electron chi connectivity index (χ3n) is 1.64. The Morgan fingerprint density at radius 3 is 1.82 bits per heavy atom. The van der Waals surface area contributed by atoms with Gasteiger partial charge in [-0.2, -0.15) is 0 Å². The summed E-state index contributed by atoms with van der Waals surface area (Å²) in [6.45, 7) is 10.9. The molecule has 0 radical (unpaired) electrons. The molecule has 0 amide bonds. The van der Waals surface area contributed by atoms with Gasteiger partial charge in [-0.05, 0) is 17.3 Å². The molecule has 0 fully saturated rings. The number of carbonyl (C=O) groups excluding carboxylic acids is 1. The zero-order valence-corrected chi connectivity index (χ0v) is 8.40. The smallest absolute Gasteiger partial charge is 0.120 e. The Kier molecular flexibility index (Phi) is 3.28. The number of carbonyl (C=O) groups is 1. The predicted octanol–water partition coefficient (Wildman–Crippen LogP) is 3.04. The summed E-state index contributed by atoms with van der Waals surface area (Å²) in [6, 6.07) is 0. The van der Waals surface area contributed by atoms with Crippen LogP contribution in [0.4, 0.5) is 0 Å². The molecule has 0 N–H and O–H groups in total. The summed E-state index contributed by atoms with van der Waals surface area (Å²) in [7, 11) is 0. The van der Waals surface area contributed by atoms with Crippen molar-refractivity contribution in [1.82, 2.24) is 0 Å². The summed E-state index contributed by atoms with van der Waals surface area (Å²) in [6.07, 6.45) is 2.79. The Morgan fingerprint density at radius 1 is 1.09 bits per heavy atom. The lowest BCUT2D eigenvalue weighted by atomic mass is 9.75. The minimum atomic E-state index is 0.167. The van der Waals surface area contributed by atoms with Gasteiger partial charge in [-0.3, -0.25) is 0 Å². The van der Waals surface area contributed by atoms with E-state index in [4.69, 9.17) is 0 Å². The van der Waals surface area contributed by atoms with Gasteiger partial charge in [0.1, 0.15) is 6.29 Å². The highest BCUT2D eigenvalue weighted by Crippen LogP contribution is 2.34. The van der Waals surface area contributed by atoms with Crippen molar-refractivity contribution in [2.24, 2.45) is 10.8 Å². The highest BCUT2D eigenvalue weighted by molar-refractivity contribution is 5.50. The van der Waals surface area contributed by atoms with E-state index in [0.717, 1.165) is 12.7 Å². The molecule has 0 aliphatic rings. The third-order valence-corrected chi connectivity index (χ3v) is 1.64. The highest BCUT2D eigenvalue weighted by atomic mass is 16.1. The Hall–Kier alpha value is -0.330. The SMILES string of the molecule is CC(C)(C)CC(C)(C)CC=O. The molecule has 0 spiro atoms. The Labute approximate surface area is 70.2 Å². The fourth-order valence-corrected chi connectivity index (χ4v) is 1.73. The lowest BCUT2D eigenvalue weighted by Gasteiger charge is -2.30. The van der Waals surface area contributed by atoms with Crippen molar-refractivity contribution in [2.75, 3.05) is 0 Å². The molecule has 1 nitrogen and oxygen atoms in total. The molecular weight excluding hydrogens is 136 g/mol. The number of aldehydes is 1. The van der Waals surface area contributed by atoms with Crippen LogP contribution in [-0.4, -0.2) is 6.29 Å².